The van der Waals surface area contributed by atoms with Crippen LogP contribution < -0.4 is 21.9 Å². The molecule has 1 aliphatic rings. The maximum absolute atomic E-state index is 13.4. The van der Waals surface area contributed by atoms with E-state index in [1.165, 1.54) is 12.1 Å². The van der Waals surface area contributed by atoms with Crippen molar-refractivity contribution in [3.8, 4) is 28.4 Å². The summed E-state index contributed by atoms with van der Waals surface area (Å²) in [4.78, 5) is 8.85. The minimum absolute atomic E-state index is 0.122. The molecule has 1 saturated heterocycles. The standard InChI is InChI=1S/C16H16FN7O/c1-24-8-19-14(15(24)9-2-3-11(17)13(25)7-9)12-6-10(4-5-18-12)16-20-22-23-21-16/h2-8,16,20-23,25H,1H3. The Morgan fingerprint density at radius 1 is 1.12 bits per heavy atom. The molecule has 0 amide bonds. The van der Waals surface area contributed by atoms with Crippen LogP contribution in [0.5, 0.6) is 5.75 Å². The molecule has 0 radical (unpaired) electrons. The van der Waals surface area contributed by atoms with E-state index >= 15 is 0 Å². The third-order valence-electron chi connectivity index (χ3n) is 4.01. The number of hydrogen-bond donors (Lipinski definition) is 5. The van der Waals surface area contributed by atoms with Gasteiger partial charge in [0.15, 0.2) is 11.6 Å². The number of pyridine rings is 1. The normalized spacial score (nSPS) is 15.0. The van der Waals surface area contributed by atoms with Crippen molar-refractivity contribution < 1.29 is 9.50 Å². The highest BCUT2D eigenvalue weighted by atomic mass is 19.1. The van der Waals surface area contributed by atoms with Crippen LogP contribution in [0.2, 0.25) is 0 Å². The van der Waals surface area contributed by atoms with Gasteiger partial charge in [-0.25, -0.2) is 20.2 Å². The predicted octanol–water partition coefficient (Wildman–Crippen LogP) is 1.11. The lowest BCUT2D eigenvalue weighted by Crippen LogP contribution is -2.33. The molecule has 1 aromatic carbocycles. The first-order valence-electron chi connectivity index (χ1n) is 7.61. The number of benzene rings is 1. The zero-order chi connectivity index (χ0) is 17.4. The van der Waals surface area contributed by atoms with Gasteiger partial charge in [-0.2, -0.15) is 11.1 Å². The summed E-state index contributed by atoms with van der Waals surface area (Å²) in [6.45, 7) is 0. The molecule has 128 valence electrons. The van der Waals surface area contributed by atoms with Crippen LogP contribution in [0.15, 0.2) is 42.9 Å². The highest BCUT2D eigenvalue weighted by molar-refractivity contribution is 5.77. The van der Waals surface area contributed by atoms with Gasteiger partial charge in [0.1, 0.15) is 11.9 Å². The van der Waals surface area contributed by atoms with Crippen LogP contribution in [0, 0.1) is 5.82 Å². The van der Waals surface area contributed by atoms with E-state index in [-0.39, 0.29) is 6.17 Å². The van der Waals surface area contributed by atoms with Gasteiger partial charge in [0.05, 0.1) is 17.7 Å². The summed E-state index contributed by atoms with van der Waals surface area (Å²) in [5.41, 5.74) is 15.2. The number of phenolic OH excluding ortho intramolecular Hbond substituents is 1. The van der Waals surface area contributed by atoms with Gasteiger partial charge in [0.25, 0.3) is 0 Å². The molecule has 8 nitrogen and oxygen atoms in total. The molecule has 0 saturated carbocycles. The second-order valence-corrected chi connectivity index (χ2v) is 5.66. The molecule has 3 heterocycles. The van der Waals surface area contributed by atoms with Gasteiger partial charge in [-0.05, 0) is 35.9 Å². The van der Waals surface area contributed by atoms with Crippen molar-refractivity contribution >= 4 is 0 Å². The summed E-state index contributed by atoms with van der Waals surface area (Å²) in [6.07, 6.45) is 3.24. The van der Waals surface area contributed by atoms with Crippen molar-refractivity contribution in [2.75, 3.05) is 0 Å². The lowest BCUT2D eigenvalue weighted by Gasteiger charge is -2.11. The summed E-state index contributed by atoms with van der Waals surface area (Å²) >= 11 is 0. The summed E-state index contributed by atoms with van der Waals surface area (Å²) in [6, 6.07) is 8.01. The molecular weight excluding hydrogens is 325 g/mol. The van der Waals surface area contributed by atoms with Gasteiger partial charge < -0.3 is 9.67 Å². The fraction of sp³-hybridized carbons (Fsp3) is 0.125. The van der Waals surface area contributed by atoms with Crippen LogP contribution in [-0.4, -0.2) is 19.6 Å². The SMILES string of the molecule is Cn1cnc(-c2cc(C3NNNN3)ccn2)c1-c1ccc(F)c(O)c1. The van der Waals surface area contributed by atoms with E-state index in [9.17, 15) is 9.50 Å². The highest BCUT2D eigenvalue weighted by Crippen LogP contribution is 2.32. The zero-order valence-electron chi connectivity index (χ0n) is 13.3. The molecule has 2 aromatic heterocycles. The molecule has 3 aromatic rings. The van der Waals surface area contributed by atoms with Gasteiger partial charge >= 0.3 is 0 Å². The van der Waals surface area contributed by atoms with Crippen molar-refractivity contribution in [2.45, 2.75) is 6.17 Å². The highest BCUT2D eigenvalue weighted by Gasteiger charge is 2.19. The average Bonchev–Trinajstić information content (AvgIpc) is 3.27. The maximum Gasteiger partial charge on any atom is 0.164 e. The minimum atomic E-state index is -0.661. The number of aromatic nitrogens is 3. The smallest absolute Gasteiger partial charge is 0.164 e. The van der Waals surface area contributed by atoms with Crippen molar-refractivity contribution in [1.82, 2.24) is 36.5 Å². The Labute approximate surface area is 142 Å². The molecule has 0 bridgehead atoms. The first-order valence-corrected chi connectivity index (χ1v) is 7.61. The number of hydrogen-bond acceptors (Lipinski definition) is 7. The minimum Gasteiger partial charge on any atom is -0.505 e. The largest absolute Gasteiger partial charge is 0.505 e. The van der Waals surface area contributed by atoms with E-state index in [0.717, 1.165) is 11.3 Å². The average molecular weight is 341 g/mol. The van der Waals surface area contributed by atoms with Crippen molar-refractivity contribution in [2.24, 2.45) is 7.05 Å². The van der Waals surface area contributed by atoms with Crippen LogP contribution in [0.4, 0.5) is 4.39 Å². The topological polar surface area (TPSA) is 99.1 Å². The predicted molar refractivity (Wildman–Crippen MR) is 88.8 cm³/mol. The number of nitrogens with zero attached hydrogens (tertiary/aromatic N) is 3. The van der Waals surface area contributed by atoms with Crippen LogP contribution >= 0.6 is 0 Å². The molecule has 0 spiro atoms. The van der Waals surface area contributed by atoms with E-state index in [1.54, 1.807) is 18.6 Å². The van der Waals surface area contributed by atoms with Gasteiger partial charge in [-0.1, -0.05) is 0 Å². The second kappa shape index (κ2) is 6.22. The van der Waals surface area contributed by atoms with E-state index in [2.05, 4.69) is 31.9 Å². The number of hydrazine groups is 3. The Morgan fingerprint density at radius 2 is 1.92 bits per heavy atom. The Kier molecular flexibility index (Phi) is 3.90. The summed E-state index contributed by atoms with van der Waals surface area (Å²) < 4.78 is 15.2. The summed E-state index contributed by atoms with van der Waals surface area (Å²) in [5, 5.41) is 9.69. The van der Waals surface area contributed by atoms with Crippen LogP contribution in [-0.2, 0) is 7.05 Å². The fourth-order valence-electron chi connectivity index (χ4n) is 2.79. The van der Waals surface area contributed by atoms with E-state index in [0.29, 0.717) is 17.0 Å². The third kappa shape index (κ3) is 2.85. The summed E-state index contributed by atoms with van der Waals surface area (Å²) in [5.74, 6) is -1.06. The van der Waals surface area contributed by atoms with E-state index in [1.807, 2.05) is 23.7 Å². The molecule has 25 heavy (non-hydrogen) atoms. The van der Waals surface area contributed by atoms with E-state index in [4.69, 9.17) is 0 Å². The molecule has 9 heteroatoms. The molecule has 1 aliphatic heterocycles. The number of halogens is 1. The molecule has 1 fully saturated rings. The fourth-order valence-corrected chi connectivity index (χ4v) is 2.79. The van der Waals surface area contributed by atoms with Crippen LogP contribution in [0.25, 0.3) is 22.6 Å². The van der Waals surface area contributed by atoms with Crippen LogP contribution in [0.3, 0.4) is 0 Å². The zero-order valence-corrected chi connectivity index (χ0v) is 13.3. The first kappa shape index (κ1) is 15.7. The molecule has 0 atom stereocenters. The Morgan fingerprint density at radius 3 is 2.68 bits per heavy atom. The number of imidazole rings is 1. The lowest BCUT2D eigenvalue weighted by atomic mass is 10.1. The molecule has 4 rings (SSSR count). The number of phenols is 1. The maximum atomic E-state index is 13.4. The second-order valence-electron chi connectivity index (χ2n) is 5.66. The van der Waals surface area contributed by atoms with Crippen LogP contribution in [0.1, 0.15) is 11.7 Å². The van der Waals surface area contributed by atoms with Crippen molar-refractivity contribution in [3.63, 3.8) is 0 Å². The van der Waals surface area contributed by atoms with Gasteiger partial charge in [0, 0.05) is 18.8 Å². The van der Waals surface area contributed by atoms with Gasteiger partial charge in [-0.15, -0.1) is 0 Å². The van der Waals surface area contributed by atoms with E-state index < -0.39 is 11.6 Å². The molecule has 5 N–H and O–H groups in total. The Balaban J connectivity index is 1.79. The third-order valence-corrected chi connectivity index (χ3v) is 4.01. The summed E-state index contributed by atoms with van der Waals surface area (Å²) in [7, 11) is 1.84. The number of aryl methyl sites for hydroxylation is 1. The molecular formula is C16H16FN7O. The number of nitrogens with one attached hydrogen (secondary N) is 4. The first-order chi connectivity index (χ1) is 12.1. The quantitative estimate of drug-likeness (QED) is 0.487. The Hall–Kier alpha value is -2.85. The van der Waals surface area contributed by atoms with Crippen molar-refractivity contribution in [3.05, 3.63) is 54.2 Å². The van der Waals surface area contributed by atoms with Gasteiger partial charge in [0.2, 0.25) is 0 Å². The number of rotatable bonds is 3. The Bertz CT molecular complexity index is 921. The molecule has 0 aliphatic carbocycles. The van der Waals surface area contributed by atoms with Gasteiger partial charge in [-0.3, -0.25) is 4.98 Å². The number of aromatic hydroxyl groups is 1. The lowest BCUT2D eigenvalue weighted by molar-refractivity contribution is 0.432. The van der Waals surface area contributed by atoms with Crippen molar-refractivity contribution in [1.29, 1.82) is 0 Å². The molecule has 0 unspecified atom stereocenters. The monoisotopic (exact) mass is 341 g/mol.